The number of hydrogen-bond donors (Lipinski definition) is 1. The molecule has 0 heterocycles. The van der Waals surface area contributed by atoms with E-state index in [-0.39, 0.29) is 18.0 Å². The number of benzene rings is 3. The van der Waals surface area contributed by atoms with Crippen molar-refractivity contribution >= 4 is 49.5 Å². The van der Waals surface area contributed by atoms with E-state index in [9.17, 15) is 14.4 Å². The van der Waals surface area contributed by atoms with E-state index in [1.807, 2.05) is 12.1 Å². The average Bonchev–Trinajstić information content (AvgIpc) is 2.72. The van der Waals surface area contributed by atoms with Crippen LogP contribution in [-0.4, -0.2) is 5.91 Å². The molecular weight excluding hydrogens is 515 g/mol. The molecule has 3 aromatic rings. The van der Waals surface area contributed by atoms with Crippen LogP contribution in [0.5, 0.6) is 5.75 Å². The van der Waals surface area contributed by atoms with Crippen LogP contribution in [0.25, 0.3) is 6.08 Å². The molecule has 1 amide bonds. The second-order valence-electron chi connectivity index (χ2n) is 6.21. The molecule has 0 atom stereocenters. The van der Waals surface area contributed by atoms with Gasteiger partial charge in [0.2, 0.25) is 0 Å². The number of amides is 1. The molecule has 0 fully saturated rings. The fraction of sp³-hybridized carbons (Fsp3) is 0.0435. The van der Waals surface area contributed by atoms with E-state index < -0.39 is 5.91 Å². The fourth-order valence-corrected chi connectivity index (χ4v) is 4.02. The van der Waals surface area contributed by atoms with Gasteiger partial charge in [-0.25, -0.2) is 4.39 Å². The normalized spacial score (nSPS) is 10.9. The Balaban J connectivity index is 1.89. The molecule has 3 aromatic carbocycles. The van der Waals surface area contributed by atoms with E-state index in [0.29, 0.717) is 27.0 Å². The lowest BCUT2D eigenvalue weighted by Gasteiger charge is -2.13. The Hall–Kier alpha value is -2.95. The Kier molecular flexibility index (Phi) is 7.39. The van der Waals surface area contributed by atoms with Gasteiger partial charge in [0.15, 0.2) is 0 Å². The van der Waals surface area contributed by atoms with E-state index in [1.54, 1.807) is 48.5 Å². The first kappa shape index (κ1) is 21.8. The maximum Gasteiger partial charge on any atom is 0.266 e. The van der Waals surface area contributed by atoms with Crippen LogP contribution in [0, 0.1) is 17.1 Å². The Labute approximate surface area is 190 Å². The number of rotatable bonds is 6. The van der Waals surface area contributed by atoms with Gasteiger partial charge < -0.3 is 10.1 Å². The van der Waals surface area contributed by atoms with Crippen LogP contribution in [0.2, 0.25) is 0 Å². The largest absolute Gasteiger partial charge is 0.487 e. The molecule has 1 N–H and O–H groups in total. The standard InChI is InChI=1S/C23H15Br2FN2O2/c24-18-11-16(10-17(13-27)23(29)28-20-7-2-1-3-8-20)22(21(25)12-18)30-14-15-5-4-6-19(26)9-15/h1-12H,14H2,(H,28,29)/b17-10+. The highest BCUT2D eigenvalue weighted by atomic mass is 79.9. The van der Waals surface area contributed by atoms with Crippen molar-refractivity contribution in [3.63, 3.8) is 0 Å². The van der Waals surface area contributed by atoms with Gasteiger partial charge >= 0.3 is 0 Å². The van der Waals surface area contributed by atoms with Gasteiger partial charge in [-0.15, -0.1) is 0 Å². The molecule has 4 nitrogen and oxygen atoms in total. The minimum absolute atomic E-state index is 0.0838. The van der Waals surface area contributed by atoms with Crippen molar-refractivity contribution in [3.8, 4) is 11.8 Å². The monoisotopic (exact) mass is 528 g/mol. The summed E-state index contributed by atoms with van der Waals surface area (Å²) < 4.78 is 20.7. The molecule has 0 aliphatic carbocycles. The predicted octanol–water partition coefficient (Wildman–Crippen LogP) is 6.48. The summed E-state index contributed by atoms with van der Waals surface area (Å²) in [5.74, 6) is -0.450. The van der Waals surface area contributed by atoms with Gasteiger partial charge in [-0.3, -0.25) is 4.79 Å². The number of ether oxygens (including phenoxy) is 1. The summed E-state index contributed by atoms with van der Waals surface area (Å²) in [4.78, 5) is 12.5. The quantitative estimate of drug-likeness (QED) is 0.294. The summed E-state index contributed by atoms with van der Waals surface area (Å²) in [5, 5.41) is 12.2. The second kappa shape index (κ2) is 10.2. The number of nitrogens with zero attached hydrogens (tertiary/aromatic N) is 1. The number of nitrogens with one attached hydrogen (secondary N) is 1. The summed E-state index contributed by atoms with van der Waals surface area (Å²) in [7, 11) is 0. The first-order valence-corrected chi connectivity index (χ1v) is 10.4. The van der Waals surface area contributed by atoms with Gasteiger partial charge in [0.1, 0.15) is 29.8 Å². The highest BCUT2D eigenvalue weighted by Crippen LogP contribution is 2.35. The molecule has 150 valence electrons. The molecular formula is C23H15Br2FN2O2. The van der Waals surface area contributed by atoms with Crippen molar-refractivity contribution in [3.05, 3.63) is 98.2 Å². The van der Waals surface area contributed by atoms with Crippen LogP contribution in [0.1, 0.15) is 11.1 Å². The summed E-state index contributed by atoms with van der Waals surface area (Å²) in [6.07, 6.45) is 1.45. The predicted molar refractivity (Wildman–Crippen MR) is 121 cm³/mol. The van der Waals surface area contributed by atoms with Crippen molar-refractivity contribution < 1.29 is 13.9 Å². The van der Waals surface area contributed by atoms with Gasteiger partial charge in [0, 0.05) is 15.7 Å². The summed E-state index contributed by atoms with van der Waals surface area (Å²) in [5.41, 5.74) is 1.68. The average molecular weight is 530 g/mol. The van der Waals surface area contributed by atoms with E-state index >= 15 is 0 Å². The second-order valence-corrected chi connectivity index (χ2v) is 7.98. The fourth-order valence-electron chi connectivity index (χ4n) is 2.65. The summed E-state index contributed by atoms with van der Waals surface area (Å²) >= 11 is 6.85. The Morgan fingerprint density at radius 1 is 1.10 bits per heavy atom. The molecule has 30 heavy (non-hydrogen) atoms. The number of nitriles is 1. The van der Waals surface area contributed by atoms with E-state index in [4.69, 9.17) is 4.74 Å². The van der Waals surface area contributed by atoms with Crippen LogP contribution in [0.15, 0.2) is 81.2 Å². The molecule has 0 aromatic heterocycles. The van der Waals surface area contributed by atoms with Crippen molar-refractivity contribution in [2.75, 3.05) is 5.32 Å². The third-order valence-electron chi connectivity index (χ3n) is 4.01. The molecule has 0 saturated carbocycles. The molecule has 7 heteroatoms. The topological polar surface area (TPSA) is 62.1 Å². The van der Waals surface area contributed by atoms with E-state index in [1.165, 1.54) is 18.2 Å². The van der Waals surface area contributed by atoms with Gasteiger partial charge in [-0.1, -0.05) is 46.3 Å². The maximum absolute atomic E-state index is 13.4. The number of carbonyl (C=O) groups excluding carboxylic acids is 1. The number of anilines is 1. The number of halogens is 3. The first-order chi connectivity index (χ1) is 14.5. The molecule has 0 bridgehead atoms. The third-order valence-corrected chi connectivity index (χ3v) is 5.05. The SMILES string of the molecule is N#C/C(=C\c1cc(Br)cc(Br)c1OCc1cccc(F)c1)C(=O)Nc1ccccc1. The van der Waals surface area contributed by atoms with Crippen molar-refractivity contribution in [1.29, 1.82) is 5.26 Å². The maximum atomic E-state index is 13.4. The lowest BCUT2D eigenvalue weighted by Crippen LogP contribution is -2.13. The third kappa shape index (κ3) is 5.78. The smallest absolute Gasteiger partial charge is 0.266 e. The highest BCUT2D eigenvalue weighted by Gasteiger charge is 2.14. The Morgan fingerprint density at radius 2 is 1.87 bits per heavy atom. The van der Waals surface area contributed by atoms with Gasteiger partial charge in [0.25, 0.3) is 5.91 Å². The van der Waals surface area contributed by atoms with Crippen LogP contribution < -0.4 is 10.1 Å². The first-order valence-electron chi connectivity index (χ1n) is 8.81. The zero-order valence-corrected chi connectivity index (χ0v) is 18.7. The van der Waals surface area contributed by atoms with Crippen molar-refractivity contribution in [1.82, 2.24) is 0 Å². The van der Waals surface area contributed by atoms with Gasteiger partial charge in [0.05, 0.1) is 4.47 Å². The lowest BCUT2D eigenvalue weighted by molar-refractivity contribution is -0.112. The number of carbonyl (C=O) groups is 1. The van der Waals surface area contributed by atoms with Gasteiger partial charge in [-0.05, 0) is 64.0 Å². The molecule has 0 aliphatic heterocycles. The van der Waals surface area contributed by atoms with Crippen molar-refractivity contribution in [2.24, 2.45) is 0 Å². The van der Waals surface area contributed by atoms with Crippen LogP contribution in [0.3, 0.4) is 0 Å². The zero-order chi connectivity index (χ0) is 21.5. The highest BCUT2D eigenvalue weighted by molar-refractivity contribution is 9.11. The molecule has 0 radical (unpaired) electrons. The minimum atomic E-state index is -0.532. The van der Waals surface area contributed by atoms with Crippen molar-refractivity contribution in [2.45, 2.75) is 6.61 Å². The summed E-state index contributed by atoms with van der Waals surface area (Å²) in [6.45, 7) is 0.122. The van der Waals surface area contributed by atoms with Crippen LogP contribution in [0.4, 0.5) is 10.1 Å². The summed E-state index contributed by atoms with van der Waals surface area (Å²) in [6, 6.07) is 20.4. The molecule has 0 unspecified atom stereocenters. The Bertz CT molecular complexity index is 1140. The van der Waals surface area contributed by atoms with E-state index in [2.05, 4.69) is 37.2 Å². The lowest BCUT2D eigenvalue weighted by atomic mass is 10.1. The van der Waals surface area contributed by atoms with Crippen LogP contribution in [-0.2, 0) is 11.4 Å². The number of hydrogen-bond acceptors (Lipinski definition) is 3. The molecule has 0 spiro atoms. The Morgan fingerprint density at radius 3 is 2.57 bits per heavy atom. The molecule has 3 rings (SSSR count). The van der Waals surface area contributed by atoms with Crippen LogP contribution >= 0.6 is 31.9 Å². The number of para-hydroxylation sites is 1. The molecule has 0 saturated heterocycles. The minimum Gasteiger partial charge on any atom is -0.487 e. The van der Waals surface area contributed by atoms with Gasteiger partial charge in [-0.2, -0.15) is 5.26 Å². The zero-order valence-electron chi connectivity index (χ0n) is 15.5. The molecule has 0 aliphatic rings. The van der Waals surface area contributed by atoms with E-state index in [0.717, 1.165) is 4.47 Å².